The van der Waals surface area contributed by atoms with Crippen LogP contribution >= 0.6 is 0 Å². The molecule has 3 radical (unpaired) electrons. The van der Waals surface area contributed by atoms with E-state index in [1.54, 1.807) is 6.20 Å². The monoisotopic (exact) mass is 149 g/mol. The van der Waals surface area contributed by atoms with E-state index in [1.807, 2.05) is 31.1 Å². The largest absolute Gasteiger partial charge is 0.377 e. The molecule has 3 heteroatoms. The van der Waals surface area contributed by atoms with Crippen molar-refractivity contribution in [3.05, 3.63) is 18.3 Å². The smallest absolute Gasteiger partial charge is 0.102 e. The molecule has 1 rings (SSSR count). The van der Waals surface area contributed by atoms with E-state index in [0.717, 1.165) is 11.0 Å². The number of nitrogens with zero attached hydrogens (tertiary/aromatic N) is 2. The number of hydrogen-bond acceptors (Lipinski definition) is 2. The van der Waals surface area contributed by atoms with E-state index in [2.05, 4.69) is 15.2 Å². The fourth-order valence-corrected chi connectivity index (χ4v) is 1.14. The first-order valence-corrected chi connectivity index (χ1v) is 3.56. The van der Waals surface area contributed by atoms with Crippen molar-refractivity contribution in [2.45, 2.75) is 0 Å². The molecule has 0 atom stereocenters. The van der Waals surface area contributed by atoms with Crippen LogP contribution < -0.4 is 10.2 Å². The van der Waals surface area contributed by atoms with Gasteiger partial charge < -0.3 is 4.90 Å². The lowest BCUT2D eigenvalue weighted by Gasteiger charge is -2.13. The summed E-state index contributed by atoms with van der Waals surface area (Å²) in [6.45, 7) is 0. The second-order valence-electron chi connectivity index (χ2n) is 2.27. The van der Waals surface area contributed by atoms with Gasteiger partial charge in [0, 0.05) is 25.6 Å². The summed E-state index contributed by atoms with van der Waals surface area (Å²) in [6.07, 6.45) is 1.76. The zero-order chi connectivity index (χ0) is 7.56. The molecular formula is C7H9N2Si. The van der Waals surface area contributed by atoms with Gasteiger partial charge >= 0.3 is 0 Å². The molecule has 10 heavy (non-hydrogen) atoms. The van der Waals surface area contributed by atoms with Gasteiger partial charge in [-0.05, 0) is 12.1 Å². The summed E-state index contributed by atoms with van der Waals surface area (Å²) in [5.41, 5.74) is 1.10. The molecule has 0 N–H and O–H groups in total. The van der Waals surface area contributed by atoms with Crippen molar-refractivity contribution in [2.24, 2.45) is 0 Å². The zero-order valence-electron chi connectivity index (χ0n) is 6.13. The third-order valence-electron chi connectivity index (χ3n) is 1.27. The van der Waals surface area contributed by atoms with Gasteiger partial charge in [-0.2, -0.15) is 0 Å². The van der Waals surface area contributed by atoms with E-state index in [-0.39, 0.29) is 0 Å². The Kier molecular flexibility index (Phi) is 2.06. The highest BCUT2D eigenvalue weighted by Crippen LogP contribution is 2.01. The second kappa shape index (κ2) is 2.83. The molecule has 0 aromatic carbocycles. The maximum absolute atomic E-state index is 4.07. The second-order valence-corrected chi connectivity index (χ2v) is 2.74. The van der Waals surface area contributed by atoms with Gasteiger partial charge in [0.05, 0.1) is 5.69 Å². The minimum absolute atomic E-state index is 0.882. The van der Waals surface area contributed by atoms with E-state index in [9.17, 15) is 0 Å². The van der Waals surface area contributed by atoms with Crippen LogP contribution in [0.15, 0.2) is 18.3 Å². The topological polar surface area (TPSA) is 16.1 Å². The summed E-state index contributed by atoms with van der Waals surface area (Å²) < 4.78 is 0. The first-order valence-electron chi connectivity index (χ1n) is 3.06. The van der Waals surface area contributed by atoms with Gasteiger partial charge in [0.15, 0.2) is 0 Å². The van der Waals surface area contributed by atoms with Crippen LogP contribution in [-0.2, 0) is 0 Å². The Labute approximate surface area is 64.3 Å². The van der Waals surface area contributed by atoms with Gasteiger partial charge in [-0.3, -0.25) is 4.98 Å². The molecule has 0 spiro atoms. The maximum Gasteiger partial charge on any atom is 0.102 e. The minimum Gasteiger partial charge on any atom is -0.377 e. The highest BCUT2D eigenvalue weighted by Gasteiger charge is 1.97. The van der Waals surface area contributed by atoms with Crippen LogP contribution in [0.25, 0.3) is 0 Å². The SMILES string of the molecule is CN(C)c1cccnc1[Si]. The fraction of sp³-hybridized carbons (Fsp3) is 0.286. The molecule has 1 aromatic rings. The van der Waals surface area contributed by atoms with Gasteiger partial charge in [0.25, 0.3) is 0 Å². The predicted octanol–water partition coefficient (Wildman–Crippen LogP) is -0.0586. The van der Waals surface area contributed by atoms with Crippen LogP contribution in [0.5, 0.6) is 0 Å². The third-order valence-corrected chi connectivity index (χ3v) is 1.65. The lowest BCUT2D eigenvalue weighted by atomic mass is 10.4. The van der Waals surface area contributed by atoms with Crippen molar-refractivity contribution in [3.63, 3.8) is 0 Å². The molecule has 0 bridgehead atoms. The Morgan fingerprint density at radius 2 is 2.20 bits per heavy atom. The van der Waals surface area contributed by atoms with Crippen LogP contribution in [0.1, 0.15) is 0 Å². The molecule has 0 aliphatic rings. The molecule has 0 saturated heterocycles. The number of pyridine rings is 1. The van der Waals surface area contributed by atoms with Crippen molar-refractivity contribution < 1.29 is 0 Å². The summed E-state index contributed by atoms with van der Waals surface area (Å²) in [5.74, 6) is 0. The molecule has 0 saturated carbocycles. The molecule has 1 aromatic heterocycles. The molecule has 0 aliphatic carbocycles. The minimum atomic E-state index is 0.882. The first-order chi connectivity index (χ1) is 4.72. The van der Waals surface area contributed by atoms with Gasteiger partial charge in [-0.25, -0.2) is 0 Å². The van der Waals surface area contributed by atoms with E-state index >= 15 is 0 Å². The molecule has 51 valence electrons. The number of anilines is 1. The predicted molar refractivity (Wildman–Crippen MR) is 44.0 cm³/mol. The molecule has 0 amide bonds. The Bertz CT molecular complexity index is 223. The lowest BCUT2D eigenvalue weighted by molar-refractivity contribution is 1.13. The normalized spacial score (nSPS) is 9.50. The Hall–Kier alpha value is -0.833. The zero-order valence-corrected chi connectivity index (χ0v) is 7.13. The number of hydrogen-bond donors (Lipinski definition) is 0. The molecular weight excluding hydrogens is 140 g/mol. The summed E-state index contributed by atoms with van der Waals surface area (Å²) in [6, 6.07) is 3.92. The first kappa shape index (κ1) is 7.28. The standard InChI is InChI=1S/C7H9N2Si/c1-9(2)6-4-3-5-8-7(6)10/h3-5H,1-2H3. The van der Waals surface area contributed by atoms with Gasteiger partial charge in [0.2, 0.25) is 0 Å². The van der Waals surface area contributed by atoms with E-state index in [0.29, 0.717) is 0 Å². The Morgan fingerprint density at radius 1 is 1.50 bits per heavy atom. The van der Waals surface area contributed by atoms with Gasteiger partial charge in [-0.1, -0.05) is 0 Å². The van der Waals surface area contributed by atoms with Crippen LogP contribution in [0, 0.1) is 0 Å². The van der Waals surface area contributed by atoms with Crippen molar-refractivity contribution in [1.29, 1.82) is 0 Å². The number of aromatic nitrogens is 1. The average Bonchev–Trinajstić information content (AvgIpc) is 1.88. The van der Waals surface area contributed by atoms with Crippen LogP contribution in [0.2, 0.25) is 0 Å². The molecule has 0 unspecified atom stereocenters. The molecule has 1 heterocycles. The fourth-order valence-electron chi connectivity index (χ4n) is 0.758. The summed E-state index contributed by atoms with van der Waals surface area (Å²) in [7, 11) is 7.37. The van der Waals surface area contributed by atoms with E-state index in [1.165, 1.54) is 0 Å². The molecule has 2 nitrogen and oxygen atoms in total. The molecule has 0 aliphatic heterocycles. The van der Waals surface area contributed by atoms with Crippen LogP contribution in [0.4, 0.5) is 5.69 Å². The summed E-state index contributed by atoms with van der Waals surface area (Å²) >= 11 is 0. The quantitative estimate of drug-likeness (QED) is 0.520. The van der Waals surface area contributed by atoms with Crippen LogP contribution in [-0.4, -0.2) is 29.3 Å². The van der Waals surface area contributed by atoms with Crippen molar-refractivity contribution in [1.82, 2.24) is 4.98 Å². The molecule has 0 fully saturated rings. The number of rotatable bonds is 1. The van der Waals surface area contributed by atoms with Crippen molar-refractivity contribution in [3.8, 4) is 0 Å². The van der Waals surface area contributed by atoms with E-state index in [4.69, 9.17) is 0 Å². The maximum atomic E-state index is 4.07. The van der Waals surface area contributed by atoms with Crippen molar-refractivity contribution >= 4 is 21.2 Å². The van der Waals surface area contributed by atoms with Gasteiger partial charge in [0.1, 0.15) is 10.2 Å². The van der Waals surface area contributed by atoms with Crippen molar-refractivity contribution in [2.75, 3.05) is 19.0 Å². The highest BCUT2D eigenvalue weighted by atomic mass is 28.1. The van der Waals surface area contributed by atoms with Gasteiger partial charge in [-0.15, -0.1) is 0 Å². The average molecular weight is 149 g/mol. The third kappa shape index (κ3) is 1.36. The van der Waals surface area contributed by atoms with E-state index < -0.39 is 0 Å². The highest BCUT2D eigenvalue weighted by molar-refractivity contribution is 6.34. The van der Waals surface area contributed by atoms with Crippen LogP contribution in [0.3, 0.4) is 0 Å². The summed E-state index contributed by atoms with van der Waals surface area (Å²) in [5, 5.41) is 0.882. The Balaban J connectivity index is 3.03. The lowest BCUT2D eigenvalue weighted by Crippen LogP contribution is -2.21. The Morgan fingerprint density at radius 3 is 2.60 bits per heavy atom. The summed E-state index contributed by atoms with van der Waals surface area (Å²) in [4.78, 5) is 6.08.